The molecule has 0 aliphatic carbocycles. The average Bonchev–Trinajstić information content (AvgIpc) is 3.20. The van der Waals surface area contributed by atoms with E-state index in [0.717, 1.165) is 52.9 Å². The summed E-state index contributed by atoms with van der Waals surface area (Å²) in [6.45, 7) is 14.0. The van der Waals surface area contributed by atoms with Gasteiger partial charge in [-0.05, 0) is 30.3 Å². The van der Waals surface area contributed by atoms with E-state index < -0.39 is 0 Å². The first-order valence-corrected chi connectivity index (χ1v) is 10.4. The van der Waals surface area contributed by atoms with Crippen LogP contribution in [0.3, 0.4) is 0 Å². The summed E-state index contributed by atoms with van der Waals surface area (Å²) < 4.78 is 2.15. The first-order chi connectivity index (χ1) is 14.0. The number of aromatic nitrogens is 3. The standard InChI is InChI=1S/C15H18N4.C8H7Cl2.Li/c1-4-13-17-10-12-15(5-2,6-3)18-11-8-7-9-16-14(11)19(12)13;1-2-6-5-7(9)3-4-8(6)10;/h7-10,18H,2-6H2,1H3;3-5H,1-2H2;/q-2;-1;+1. The van der Waals surface area contributed by atoms with Crippen LogP contribution in [0.4, 0.5) is 5.69 Å². The number of nitrogens with zero attached hydrogens (tertiary/aromatic N) is 3. The van der Waals surface area contributed by atoms with Crippen molar-refractivity contribution in [1.82, 2.24) is 14.5 Å². The summed E-state index contributed by atoms with van der Waals surface area (Å²) in [5.41, 5.74) is 2.88. The van der Waals surface area contributed by atoms with E-state index in [9.17, 15) is 0 Å². The van der Waals surface area contributed by atoms with Crippen molar-refractivity contribution in [1.29, 1.82) is 0 Å². The van der Waals surface area contributed by atoms with Crippen LogP contribution in [0.25, 0.3) is 5.82 Å². The molecule has 0 amide bonds. The second-order valence-corrected chi connectivity index (χ2v) is 7.66. The normalized spacial score (nSPS) is 13.1. The number of benzene rings is 1. The number of fused-ring (bicyclic) bond motifs is 3. The monoisotopic (exact) mass is 434 g/mol. The second kappa shape index (κ2) is 10.7. The molecule has 3 aromatic rings. The van der Waals surface area contributed by atoms with Crippen LogP contribution in [0.1, 0.15) is 36.8 Å². The van der Waals surface area contributed by atoms with Crippen LogP contribution in [-0.2, 0) is 18.4 Å². The fourth-order valence-electron chi connectivity index (χ4n) is 3.45. The van der Waals surface area contributed by atoms with Gasteiger partial charge in [0.25, 0.3) is 0 Å². The van der Waals surface area contributed by atoms with Crippen molar-refractivity contribution in [3.8, 4) is 5.82 Å². The molecule has 2 aromatic heterocycles. The molecule has 4 nitrogen and oxygen atoms in total. The zero-order chi connectivity index (χ0) is 21.0. The van der Waals surface area contributed by atoms with Crippen LogP contribution in [0.15, 0.2) is 42.7 Å². The number of pyridine rings is 1. The molecule has 0 unspecified atom stereocenters. The first kappa shape index (κ1) is 24.8. The Balaban J connectivity index is 0.000000249. The van der Waals surface area contributed by atoms with E-state index in [1.54, 1.807) is 12.1 Å². The van der Waals surface area contributed by atoms with Crippen molar-refractivity contribution >= 4 is 28.9 Å². The van der Waals surface area contributed by atoms with E-state index in [-0.39, 0.29) is 24.4 Å². The number of hydrogen-bond donors (Lipinski definition) is 1. The number of imidazole rings is 1. The van der Waals surface area contributed by atoms with Gasteiger partial charge in [-0.2, -0.15) is 19.3 Å². The summed E-state index contributed by atoms with van der Waals surface area (Å²) >= 11 is 11.5. The number of anilines is 1. The van der Waals surface area contributed by atoms with E-state index in [0.29, 0.717) is 11.4 Å². The van der Waals surface area contributed by atoms with Gasteiger partial charge in [-0.15, -0.1) is 0 Å². The predicted molar refractivity (Wildman–Crippen MR) is 122 cm³/mol. The summed E-state index contributed by atoms with van der Waals surface area (Å²) in [6.07, 6.45) is 6.74. The smallest absolute Gasteiger partial charge is 0.376 e. The minimum absolute atomic E-state index is 0. The molecule has 1 aliphatic heterocycles. The van der Waals surface area contributed by atoms with E-state index >= 15 is 0 Å². The molecule has 1 aromatic carbocycles. The quantitative estimate of drug-likeness (QED) is 0.506. The maximum Gasteiger partial charge on any atom is 1.00 e. The van der Waals surface area contributed by atoms with Gasteiger partial charge in [0.05, 0.1) is 17.6 Å². The van der Waals surface area contributed by atoms with E-state index in [1.165, 1.54) is 0 Å². The van der Waals surface area contributed by atoms with Crippen LogP contribution >= 0.6 is 23.2 Å². The van der Waals surface area contributed by atoms with Gasteiger partial charge in [-0.3, -0.25) is 4.57 Å². The molecule has 3 heterocycles. The van der Waals surface area contributed by atoms with E-state index in [4.69, 9.17) is 23.2 Å². The summed E-state index contributed by atoms with van der Waals surface area (Å²) in [4.78, 5) is 9.03. The Morgan fingerprint density at radius 2 is 1.83 bits per heavy atom. The Morgan fingerprint density at radius 3 is 2.43 bits per heavy atom. The van der Waals surface area contributed by atoms with Crippen LogP contribution in [0.2, 0.25) is 10.0 Å². The van der Waals surface area contributed by atoms with Crippen molar-refractivity contribution in [3.05, 3.63) is 90.6 Å². The van der Waals surface area contributed by atoms with Gasteiger partial charge in [0.15, 0.2) is 5.82 Å². The minimum atomic E-state index is -0.254. The zero-order valence-corrected chi connectivity index (χ0v) is 19.1. The molecule has 0 fully saturated rings. The molecular formula is C23H25Cl2LiN4-2. The van der Waals surface area contributed by atoms with Crippen molar-refractivity contribution in [2.75, 3.05) is 5.32 Å². The Labute approximate surface area is 201 Å². The molecule has 0 saturated heterocycles. The third kappa shape index (κ3) is 4.73. The molecule has 0 atom stereocenters. The molecule has 30 heavy (non-hydrogen) atoms. The molecule has 1 N–H and O–H groups in total. The average molecular weight is 435 g/mol. The largest absolute Gasteiger partial charge is 1.00 e. The molecule has 0 radical (unpaired) electrons. The molecule has 0 spiro atoms. The van der Waals surface area contributed by atoms with Crippen LogP contribution < -0.4 is 24.2 Å². The Morgan fingerprint density at radius 1 is 1.10 bits per heavy atom. The topological polar surface area (TPSA) is 42.7 Å². The summed E-state index contributed by atoms with van der Waals surface area (Å²) in [6, 6.07) is 9.37. The van der Waals surface area contributed by atoms with E-state index in [2.05, 4.69) is 47.5 Å². The molecule has 0 saturated carbocycles. The van der Waals surface area contributed by atoms with E-state index in [1.807, 2.05) is 30.6 Å². The molecular weight excluding hydrogens is 410 g/mol. The third-order valence-electron chi connectivity index (χ3n) is 5.14. The van der Waals surface area contributed by atoms with Crippen molar-refractivity contribution in [2.45, 2.75) is 38.1 Å². The zero-order valence-electron chi connectivity index (χ0n) is 17.6. The first-order valence-electron chi connectivity index (χ1n) is 9.62. The predicted octanol–water partition coefficient (Wildman–Crippen LogP) is 3.27. The molecule has 154 valence electrons. The maximum atomic E-state index is 5.80. The van der Waals surface area contributed by atoms with Gasteiger partial charge in [-0.1, -0.05) is 35.7 Å². The molecule has 7 heteroatoms. The number of aryl methyl sites for hydroxylation is 1. The summed E-state index contributed by atoms with van der Waals surface area (Å²) in [5, 5.41) is 5.00. The maximum absolute atomic E-state index is 5.80. The van der Waals surface area contributed by atoms with Crippen LogP contribution in [0, 0.1) is 20.8 Å². The van der Waals surface area contributed by atoms with Crippen LogP contribution in [0.5, 0.6) is 0 Å². The Hall–Kier alpha value is -1.44. The Bertz CT molecular complexity index is 983. The van der Waals surface area contributed by atoms with Gasteiger partial charge in [0, 0.05) is 28.2 Å². The number of nitrogens with one attached hydrogen (secondary N) is 1. The van der Waals surface area contributed by atoms with Gasteiger partial charge in [0.1, 0.15) is 5.82 Å². The van der Waals surface area contributed by atoms with Crippen molar-refractivity contribution in [2.24, 2.45) is 0 Å². The molecule has 0 bridgehead atoms. The fraction of sp³-hybridized carbons (Fsp3) is 0.261. The summed E-state index contributed by atoms with van der Waals surface area (Å²) in [7, 11) is 0. The van der Waals surface area contributed by atoms with Crippen LogP contribution in [-0.4, -0.2) is 14.5 Å². The molecule has 4 rings (SSSR count). The van der Waals surface area contributed by atoms with Crippen molar-refractivity contribution in [3.63, 3.8) is 0 Å². The SMILES string of the molecule is [CH2-]CC1(C[CH2-])Nc2cccnc2-n2c1cnc2CC.[CH2-]Cc1cc(Cl)ccc1Cl.[Li+]. The van der Waals surface area contributed by atoms with Crippen molar-refractivity contribution < 1.29 is 18.9 Å². The van der Waals surface area contributed by atoms with Gasteiger partial charge in [0.2, 0.25) is 0 Å². The van der Waals surface area contributed by atoms with Gasteiger partial charge < -0.3 is 26.1 Å². The third-order valence-corrected chi connectivity index (χ3v) is 5.75. The second-order valence-electron chi connectivity index (χ2n) is 6.82. The molecule has 1 aliphatic rings. The fourth-order valence-corrected chi connectivity index (χ4v) is 3.86. The van der Waals surface area contributed by atoms with Gasteiger partial charge >= 0.3 is 18.9 Å². The minimum Gasteiger partial charge on any atom is -0.376 e. The number of halogens is 2. The Kier molecular flexibility index (Phi) is 8.88. The number of rotatable bonds is 4. The number of hydrogen-bond acceptors (Lipinski definition) is 3. The summed E-state index contributed by atoms with van der Waals surface area (Å²) in [5.74, 6) is 1.95. The van der Waals surface area contributed by atoms with Gasteiger partial charge in [-0.25, -0.2) is 9.97 Å².